The molecule has 2 rings (SSSR count). The molecule has 1 aliphatic heterocycles. The Labute approximate surface area is 167 Å². The summed E-state index contributed by atoms with van der Waals surface area (Å²) in [6.45, 7) is 12.5. The maximum atomic E-state index is 3.87. The summed E-state index contributed by atoms with van der Waals surface area (Å²) in [5.74, 6) is 0. The molecule has 150 valence electrons. The van der Waals surface area contributed by atoms with Gasteiger partial charge in [0, 0.05) is 18.6 Å². The van der Waals surface area contributed by atoms with Gasteiger partial charge < -0.3 is 5.32 Å². The zero-order chi connectivity index (χ0) is 19.5. The smallest absolute Gasteiger partial charge is 0.0233 e. The van der Waals surface area contributed by atoms with Gasteiger partial charge in [-0.05, 0) is 84.9 Å². The second-order valence-corrected chi connectivity index (χ2v) is 8.55. The number of hydrogen-bond donors (Lipinski definition) is 1. The first-order valence-electron chi connectivity index (χ1n) is 10.8. The number of benzene rings is 1. The van der Waals surface area contributed by atoms with Crippen LogP contribution in [-0.2, 0) is 6.54 Å². The third-order valence-corrected chi connectivity index (χ3v) is 5.54. The molecule has 0 aromatic heterocycles. The monoisotopic (exact) mass is 368 g/mol. The summed E-state index contributed by atoms with van der Waals surface area (Å²) < 4.78 is 0. The Kier molecular flexibility index (Phi) is 9.86. The van der Waals surface area contributed by atoms with Crippen LogP contribution in [0.3, 0.4) is 0 Å². The van der Waals surface area contributed by atoms with Gasteiger partial charge >= 0.3 is 0 Å². The zero-order valence-corrected chi connectivity index (χ0v) is 18.0. The van der Waals surface area contributed by atoms with Crippen molar-refractivity contribution in [2.75, 3.05) is 13.1 Å². The van der Waals surface area contributed by atoms with E-state index >= 15 is 0 Å². The minimum absolute atomic E-state index is 0.609. The lowest BCUT2D eigenvalue weighted by Gasteiger charge is -2.34. The van der Waals surface area contributed by atoms with Crippen LogP contribution in [0.25, 0.3) is 0 Å². The molecule has 0 bridgehead atoms. The van der Waals surface area contributed by atoms with E-state index in [1.54, 1.807) is 0 Å². The van der Waals surface area contributed by atoms with E-state index in [0.717, 1.165) is 6.54 Å². The van der Waals surface area contributed by atoms with Gasteiger partial charge in [0.2, 0.25) is 0 Å². The highest BCUT2D eigenvalue weighted by Crippen LogP contribution is 2.15. The molecule has 1 atom stereocenters. The second-order valence-electron chi connectivity index (χ2n) is 8.55. The lowest BCUT2D eigenvalue weighted by molar-refractivity contribution is 0.184. The second kappa shape index (κ2) is 12.2. The van der Waals surface area contributed by atoms with Crippen molar-refractivity contribution in [3.63, 3.8) is 0 Å². The molecule has 0 spiro atoms. The molecule has 1 aromatic carbocycles. The molecular formula is C25H40N2. The fraction of sp³-hybridized carbons (Fsp3) is 0.600. The van der Waals surface area contributed by atoms with Crippen LogP contribution in [0.4, 0.5) is 0 Å². The maximum absolute atomic E-state index is 3.87. The summed E-state index contributed by atoms with van der Waals surface area (Å²) in [6, 6.07) is 12.2. The predicted molar refractivity (Wildman–Crippen MR) is 119 cm³/mol. The quantitative estimate of drug-likeness (QED) is 0.502. The first-order chi connectivity index (χ1) is 13.0. The first kappa shape index (κ1) is 21.9. The molecule has 0 radical (unpaired) electrons. The van der Waals surface area contributed by atoms with Gasteiger partial charge in [0.15, 0.2) is 0 Å². The fourth-order valence-electron chi connectivity index (χ4n) is 3.86. The van der Waals surface area contributed by atoms with Crippen LogP contribution in [0, 0.1) is 0 Å². The Morgan fingerprint density at radius 1 is 1.07 bits per heavy atom. The number of nitrogens with one attached hydrogen (secondary N) is 1. The summed E-state index contributed by atoms with van der Waals surface area (Å²) in [5, 5.41) is 3.87. The molecule has 1 N–H and O–H groups in total. The molecule has 1 aromatic rings. The van der Waals surface area contributed by atoms with Crippen molar-refractivity contribution in [2.45, 2.75) is 84.8 Å². The van der Waals surface area contributed by atoms with Gasteiger partial charge in [-0.1, -0.05) is 53.6 Å². The molecule has 1 unspecified atom stereocenters. The van der Waals surface area contributed by atoms with Crippen molar-refractivity contribution < 1.29 is 0 Å². The van der Waals surface area contributed by atoms with Crippen LogP contribution in [0.2, 0.25) is 0 Å². The van der Waals surface area contributed by atoms with E-state index in [4.69, 9.17) is 0 Å². The van der Waals surface area contributed by atoms with Crippen molar-refractivity contribution in [1.82, 2.24) is 10.2 Å². The Bertz CT molecular complexity index is 576. The maximum Gasteiger partial charge on any atom is 0.0233 e. The number of likely N-dealkylation sites (tertiary alicyclic amines) is 1. The van der Waals surface area contributed by atoms with Gasteiger partial charge in [0.25, 0.3) is 0 Å². The SMILES string of the molecule is CC(C)=CCC/C(C)=C/CCC(C)NC1CCN(Cc2ccccc2)CC1. The van der Waals surface area contributed by atoms with Gasteiger partial charge in [-0.3, -0.25) is 4.90 Å². The van der Waals surface area contributed by atoms with Crippen LogP contribution in [0.5, 0.6) is 0 Å². The Morgan fingerprint density at radius 3 is 2.44 bits per heavy atom. The van der Waals surface area contributed by atoms with E-state index in [-0.39, 0.29) is 0 Å². The minimum atomic E-state index is 0.609. The predicted octanol–water partition coefficient (Wildman–Crippen LogP) is 6.10. The number of nitrogens with zero attached hydrogens (tertiary/aromatic N) is 1. The summed E-state index contributed by atoms with van der Waals surface area (Å²) in [4.78, 5) is 2.59. The van der Waals surface area contributed by atoms with E-state index in [1.807, 2.05) is 0 Å². The van der Waals surface area contributed by atoms with Crippen molar-refractivity contribution >= 4 is 0 Å². The van der Waals surface area contributed by atoms with E-state index in [0.29, 0.717) is 12.1 Å². The normalized spacial score (nSPS) is 17.7. The topological polar surface area (TPSA) is 15.3 Å². The molecular weight excluding hydrogens is 328 g/mol. The van der Waals surface area contributed by atoms with Gasteiger partial charge in [-0.25, -0.2) is 0 Å². The van der Waals surface area contributed by atoms with Crippen LogP contribution in [0.1, 0.15) is 71.8 Å². The van der Waals surface area contributed by atoms with Crippen LogP contribution in [-0.4, -0.2) is 30.1 Å². The zero-order valence-electron chi connectivity index (χ0n) is 18.0. The summed E-state index contributed by atoms with van der Waals surface area (Å²) in [7, 11) is 0. The lowest BCUT2D eigenvalue weighted by Crippen LogP contribution is -2.45. The molecule has 0 saturated carbocycles. The average Bonchev–Trinajstić information content (AvgIpc) is 2.64. The molecule has 1 aliphatic rings. The average molecular weight is 369 g/mol. The summed E-state index contributed by atoms with van der Waals surface area (Å²) in [6.07, 6.45) is 12.1. The van der Waals surface area contributed by atoms with E-state index in [1.165, 1.54) is 68.3 Å². The van der Waals surface area contributed by atoms with E-state index in [9.17, 15) is 0 Å². The number of hydrogen-bond acceptors (Lipinski definition) is 2. The largest absolute Gasteiger partial charge is 0.311 e. The molecule has 2 heteroatoms. The third kappa shape index (κ3) is 9.39. The van der Waals surface area contributed by atoms with Crippen LogP contribution < -0.4 is 5.32 Å². The first-order valence-corrected chi connectivity index (χ1v) is 10.8. The molecule has 2 nitrogen and oxygen atoms in total. The Hall–Kier alpha value is -1.38. The van der Waals surface area contributed by atoms with Crippen molar-refractivity contribution in [3.05, 3.63) is 59.2 Å². The van der Waals surface area contributed by atoms with Crippen LogP contribution in [0.15, 0.2) is 53.6 Å². The molecule has 0 amide bonds. The highest BCUT2D eigenvalue weighted by molar-refractivity contribution is 5.14. The van der Waals surface area contributed by atoms with Crippen molar-refractivity contribution in [3.8, 4) is 0 Å². The number of rotatable bonds is 10. The van der Waals surface area contributed by atoms with Crippen molar-refractivity contribution in [1.29, 1.82) is 0 Å². The van der Waals surface area contributed by atoms with Gasteiger partial charge in [0.05, 0.1) is 0 Å². The molecule has 27 heavy (non-hydrogen) atoms. The fourth-order valence-corrected chi connectivity index (χ4v) is 3.86. The van der Waals surface area contributed by atoms with Gasteiger partial charge in [0.1, 0.15) is 0 Å². The number of allylic oxidation sites excluding steroid dienone is 4. The summed E-state index contributed by atoms with van der Waals surface area (Å²) >= 11 is 0. The standard InChI is InChI=1S/C25H40N2/c1-21(2)10-8-11-22(3)12-9-13-23(4)26-25-16-18-27(19-17-25)20-24-14-6-5-7-15-24/h5-7,10,12,14-15,23,25-26H,8-9,11,13,16-20H2,1-4H3/b22-12+. The lowest BCUT2D eigenvalue weighted by atomic mass is 10.0. The minimum Gasteiger partial charge on any atom is -0.311 e. The molecule has 1 saturated heterocycles. The highest BCUT2D eigenvalue weighted by atomic mass is 15.1. The Morgan fingerprint density at radius 2 is 1.78 bits per heavy atom. The molecule has 1 heterocycles. The molecule has 0 aliphatic carbocycles. The van der Waals surface area contributed by atoms with Gasteiger partial charge in [-0.15, -0.1) is 0 Å². The summed E-state index contributed by atoms with van der Waals surface area (Å²) in [5.41, 5.74) is 4.40. The van der Waals surface area contributed by atoms with E-state index in [2.05, 4.69) is 80.4 Å². The number of piperidine rings is 1. The van der Waals surface area contributed by atoms with E-state index < -0.39 is 0 Å². The Balaban J connectivity index is 1.60. The molecule has 1 fully saturated rings. The van der Waals surface area contributed by atoms with Crippen LogP contribution >= 0.6 is 0 Å². The third-order valence-electron chi connectivity index (χ3n) is 5.54. The highest BCUT2D eigenvalue weighted by Gasteiger charge is 2.20. The van der Waals surface area contributed by atoms with Crippen molar-refractivity contribution in [2.24, 2.45) is 0 Å². The van der Waals surface area contributed by atoms with Gasteiger partial charge in [-0.2, -0.15) is 0 Å².